The number of ether oxygens (including phenoxy) is 1. The van der Waals surface area contributed by atoms with Crippen molar-refractivity contribution < 1.29 is 9.26 Å². The fourth-order valence-electron chi connectivity index (χ4n) is 1.77. The maximum atomic E-state index is 6.09. The van der Waals surface area contributed by atoms with Crippen LogP contribution in [-0.2, 0) is 10.3 Å². The summed E-state index contributed by atoms with van der Waals surface area (Å²) in [7, 11) is 1.59. The first-order chi connectivity index (χ1) is 8.95. The zero-order valence-corrected chi connectivity index (χ0v) is 12.7. The largest absolute Gasteiger partial charge is 0.382 e. The maximum Gasteiger partial charge on any atom is 0.258 e. The third kappa shape index (κ3) is 2.86. The smallest absolute Gasteiger partial charge is 0.258 e. The summed E-state index contributed by atoms with van der Waals surface area (Å²) in [4.78, 5) is 4.37. The van der Waals surface area contributed by atoms with Gasteiger partial charge in [0.25, 0.3) is 5.89 Å². The van der Waals surface area contributed by atoms with E-state index in [1.54, 1.807) is 14.0 Å². The summed E-state index contributed by atoms with van der Waals surface area (Å²) in [5, 5.41) is 3.95. The quantitative estimate of drug-likeness (QED) is 0.935. The Balaban J connectivity index is 2.39. The van der Waals surface area contributed by atoms with Crippen LogP contribution in [0.2, 0.25) is 0 Å². The highest BCUT2D eigenvalue weighted by Gasteiger charge is 2.28. The van der Waals surface area contributed by atoms with Crippen LogP contribution in [0.1, 0.15) is 18.3 Å². The van der Waals surface area contributed by atoms with Gasteiger partial charge in [0.05, 0.1) is 6.61 Å². The molecule has 0 fully saturated rings. The van der Waals surface area contributed by atoms with Gasteiger partial charge in [-0.2, -0.15) is 4.98 Å². The van der Waals surface area contributed by atoms with Gasteiger partial charge in [-0.25, -0.2) is 0 Å². The summed E-state index contributed by atoms with van der Waals surface area (Å²) in [5.74, 6) is 0.894. The normalized spacial score (nSPS) is 14.4. The Kier molecular flexibility index (Phi) is 4.03. The van der Waals surface area contributed by atoms with Crippen molar-refractivity contribution in [3.8, 4) is 11.5 Å². The van der Waals surface area contributed by atoms with Crippen LogP contribution in [0, 0.1) is 6.92 Å². The van der Waals surface area contributed by atoms with Gasteiger partial charge < -0.3 is 15.0 Å². The minimum absolute atomic E-state index is 0.323. The van der Waals surface area contributed by atoms with E-state index in [2.05, 4.69) is 26.1 Å². The lowest BCUT2D eigenvalue weighted by Gasteiger charge is -2.18. The predicted octanol–water partition coefficient (Wildman–Crippen LogP) is 2.63. The van der Waals surface area contributed by atoms with Gasteiger partial charge in [-0.1, -0.05) is 27.2 Å². The Morgan fingerprint density at radius 1 is 1.47 bits per heavy atom. The number of rotatable bonds is 4. The van der Waals surface area contributed by atoms with E-state index in [-0.39, 0.29) is 0 Å². The highest BCUT2D eigenvalue weighted by Crippen LogP contribution is 2.28. The lowest BCUT2D eigenvalue weighted by molar-refractivity contribution is 0.135. The molecule has 1 atom stereocenters. The van der Waals surface area contributed by atoms with E-state index >= 15 is 0 Å². The van der Waals surface area contributed by atoms with Crippen molar-refractivity contribution in [1.82, 2.24) is 10.1 Å². The first-order valence-electron chi connectivity index (χ1n) is 5.83. The molecule has 0 bridgehead atoms. The van der Waals surface area contributed by atoms with Crippen molar-refractivity contribution in [2.24, 2.45) is 5.73 Å². The van der Waals surface area contributed by atoms with Gasteiger partial charge in [0, 0.05) is 17.1 Å². The number of halogens is 1. The zero-order valence-electron chi connectivity index (χ0n) is 11.1. The van der Waals surface area contributed by atoms with Crippen molar-refractivity contribution >= 4 is 15.9 Å². The predicted molar refractivity (Wildman–Crippen MR) is 75.6 cm³/mol. The molecule has 1 unspecified atom stereocenters. The number of hydrogen-bond acceptors (Lipinski definition) is 5. The number of methoxy groups -OCH3 is 1. The average molecular weight is 326 g/mol. The topological polar surface area (TPSA) is 74.2 Å². The summed E-state index contributed by atoms with van der Waals surface area (Å²) in [5.41, 5.74) is 7.26. The Morgan fingerprint density at radius 2 is 2.21 bits per heavy atom. The molecule has 0 amide bonds. The van der Waals surface area contributed by atoms with Crippen LogP contribution >= 0.6 is 15.9 Å². The molecule has 2 aromatic rings. The van der Waals surface area contributed by atoms with Crippen LogP contribution < -0.4 is 5.73 Å². The molecule has 6 heteroatoms. The molecular formula is C13H16BrN3O2. The first-order valence-corrected chi connectivity index (χ1v) is 6.62. The van der Waals surface area contributed by atoms with Gasteiger partial charge >= 0.3 is 0 Å². The van der Waals surface area contributed by atoms with Crippen LogP contribution in [0.5, 0.6) is 0 Å². The SMILES string of the molecule is COCC(C)(N)c1noc(-c2cccc(Br)c2C)n1. The highest BCUT2D eigenvalue weighted by molar-refractivity contribution is 9.10. The molecule has 2 rings (SSSR count). The average Bonchev–Trinajstić information content (AvgIpc) is 2.82. The molecule has 5 nitrogen and oxygen atoms in total. The molecule has 0 aliphatic carbocycles. The van der Waals surface area contributed by atoms with Crippen molar-refractivity contribution in [2.45, 2.75) is 19.4 Å². The Morgan fingerprint density at radius 3 is 2.89 bits per heavy atom. The molecule has 0 saturated carbocycles. The zero-order chi connectivity index (χ0) is 14.0. The Labute approximate surface area is 120 Å². The van der Waals surface area contributed by atoms with Crippen molar-refractivity contribution in [2.75, 3.05) is 13.7 Å². The molecule has 0 aliphatic rings. The van der Waals surface area contributed by atoms with Crippen molar-refractivity contribution in [1.29, 1.82) is 0 Å². The second kappa shape index (κ2) is 5.40. The highest BCUT2D eigenvalue weighted by atomic mass is 79.9. The van der Waals surface area contributed by atoms with E-state index in [0.717, 1.165) is 15.6 Å². The monoisotopic (exact) mass is 325 g/mol. The molecule has 0 saturated heterocycles. The van der Waals surface area contributed by atoms with Crippen LogP contribution in [0.3, 0.4) is 0 Å². The second-order valence-electron chi connectivity index (χ2n) is 4.69. The van der Waals surface area contributed by atoms with Crippen molar-refractivity contribution in [3.05, 3.63) is 34.1 Å². The third-order valence-electron chi connectivity index (χ3n) is 2.88. The van der Waals surface area contributed by atoms with Crippen LogP contribution in [0.25, 0.3) is 11.5 Å². The molecule has 0 radical (unpaired) electrons. The van der Waals surface area contributed by atoms with Crippen LogP contribution in [0.15, 0.2) is 27.2 Å². The summed E-state index contributed by atoms with van der Waals surface area (Å²) in [6.45, 7) is 4.11. The summed E-state index contributed by atoms with van der Waals surface area (Å²) in [6.07, 6.45) is 0. The van der Waals surface area contributed by atoms with Gasteiger partial charge in [-0.3, -0.25) is 0 Å². The van der Waals surface area contributed by atoms with Gasteiger partial charge in [-0.05, 0) is 31.5 Å². The molecule has 0 aliphatic heterocycles. The number of hydrogen-bond donors (Lipinski definition) is 1. The molecule has 19 heavy (non-hydrogen) atoms. The molecule has 0 spiro atoms. The van der Waals surface area contributed by atoms with E-state index in [1.165, 1.54) is 0 Å². The molecule has 102 valence electrons. The first kappa shape index (κ1) is 14.2. The number of nitrogens with two attached hydrogens (primary N) is 1. The van der Waals surface area contributed by atoms with E-state index in [4.69, 9.17) is 15.0 Å². The van der Waals surface area contributed by atoms with E-state index in [9.17, 15) is 0 Å². The fourth-order valence-corrected chi connectivity index (χ4v) is 2.13. The number of aromatic nitrogens is 2. The minimum Gasteiger partial charge on any atom is -0.382 e. The Hall–Kier alpha value is -1.24. The lowest BCUT2D eigenvalue weighted by Crippen LogP contribution is -2.38. The van der Waals surface area contributed by atoms with Gasteiger partial charge in [0.15, 0.2) is 5.82 Å². The van der Waals surface area contributed by atoms with E-state index in [0.29, 0.717) is 18.3 Å². The Bertz CT molecular complexity index is 581. The van der Waals surface area contributed by atoms with Crippen molar-refractivity contribution in [3.63, 3.8) is 0 Å². The minimum atomic E-state index is -0.767. The second-order valence-corrected chi connectivity index (χ2v) is 5.54. The van der Waals surface area contributed by atoms with Crippen LogP contribution in [-0.4, -0.2) is 23.9 Å². The standard InChI is InChI=1S/C13H16BrN3O2/c1-8-9(5-4-6-10(8)14)11-16-12(17-19-11)13(2,15)7-18-3/h4-6H,7,15H2,1-3H3. The van der Waals surface area contributed by atoms with E-state index in [1.807, 2.05) is 25.1 Å². The molecule has 1 aromatic carbocycles. The number of nitrogens with zero attached hydrogens (tertiary/aromatic N) is 2. The molecule has 1 aromatic heterocycles. The fraction of sp³-hybridized carbons (Fsp3) is 0.385. The molecular weight excluding hydrogens is 310 g/mol. The van der Waals surface area contributed by atoms with Crippen LogP contribution in [0.4, 0.5) is 0 Å². The summed E-state index contributed by atoms with van der Waals surface area (Å²) in [6, 6.07) is 5.82. The van der Waals surface area contributed by atoms with Gasteiger partial charge in [0.1, 0.15) is 5.54 Å². The van der Waals surface area contributed by atoms with E-state index < -0.39 is 5.54 Å². The number of benzene rings is 1. The van der Waals surface area contributed by atoms with Gasteiger partial charge in [-0.15, -0.1) is 0 Å². The lowest BCUT2D eigenvalue weighted by atomic mass is 10.1. The summed E-state index contributed by atoms with van der Waals surface area (Å²) >= 11 is 3.48. The molecule has 2 N–H and O–H groups in total. The molecule has 1 heterocycles. The third-order valence-corrected chi connectivity index (χ3v) is 3.74. The van der Waals surface area contributed by atoms with Gasteiger partial charge in [0.2, 0.25) is 0 Å². The maximum absolute atomic E-state index is 6.09. The summed E-state index contributed by atoms with van der Waals surface area (Å²) < 4.78 is 11.4.